The van der Waals surface area contributed by atoms with Gasteiger partial charge in [0, 0.05) is 51.9 Å². The molecule has 0 saturated carbocycles. The second kappa shape index (κ2) is 6.61. The molecule has 0 bridgehead atoms. The Bertz CT molecular complexity index is 488. The lowest BCUT2D eigenvalue weighted by Crippen LogP contribution is -2.49. The molecule has 0 spiro atoms. The lowest BCUT2D eigenvalue weighted by molar-refractivity contribution is 0.112. The van der Waals surface area contributed by atoms with Crippen LogP contribution in [0.5, 0.6) is 0 Å². The lowest BCUT2D eigenvalue weighted by atomic mass is 10.2. The first-order valence-electron chi connectivity index (χ1n) is 7.71. The van der Waals surface area contributed by atoms with E-state index in [-0.39, 0.29) is 10.8 Å². The number of nitrogens with zero attached hydrogens (tertiary/aromatic N) is 3. The molecule has 3 rings (SSSR count). The number of likely N-dealkylation sites (tertiary alicyclic amines) is 1. The van der Waals surface area contributed by atoms with Crippen molar-refractivity contribution in [1.29, 1.82) is 0 Å². The molecule has 2 aliphatic rings. The van der Waals surface area contributed by atoms with Gasteiger partial charge in [-0.05, 0) is 31.2 Å². The predicted octanol–water partition coefficient (Wildman–Crippen LogP) is 2.30. The van der Waals surface area contributed by atoms with Crippen LogP contribution < -0.4 is 0 Å². The molecule has 0 unspecified atom stereocenters. The zero-order valence-corrected chi connectivity index (χ0v) is 13.3. The molecular weight excluding hydrogens is 289 g/mol. The Kier molecular flexibility index (Phi) is 4.79. The Balaban J connectivity index is 1.53. The maximum absolute atomic E-state index is 13.5. The normalized spacial score (nSPS) is 25.6. The van der Waals surface area contributed by atoms with Crippen molar-refractivity contribution >= 4 is 11.6 Å². The summed E-state index contributed by atoms with van der Waals surface area (Å²) < 4.78 is 13.5. The fourth-order valence-corrected chi connectivity index (χ4v) is 3.45. The molecule has 0 radical (unpaired) electrons. The van der Waals surface area contributed by atoms with Gasteiger partial charge in [-0.3, -0.25) is 9.80 Å². The average molecular weight is 312 g/mol. The van der Waals surface area contributed by atoms with Crippen LogP contribution in [-0.4, -0.2) is 67.1 Å². The molecule has 0 aliphatic carbocycles. The van der Waals surface area contributed by atoms with Crippen molar-refractivity contribution in [2.75, 3.05) is 46.3 Å². The summed E-state index contributed by atoms with van der Waals surface area (Å²) in [6, 6.07) is 5.80. The molecule has 1 atom stereocenters. The highest BCUT2D eigenvalue weighted by atomic mass is 35.5. The van der Waals surface area contributed by atoms with E-state index in [9.17, 15) is 4.39 Å². The SMILES string of the molecule is CN1CCN([C@@H]2CCN(Cc3ccc(Cl)c(F)c3)C2)CC1. The van der Waals surface area contributed by atoms with Crippen LogP contribution in [0, 0.1) is 5.82 Å². The third kappa shape index (κ3) is 3.75. The molecule has 1 aromatic rings. The number of benzene rings is 1. The van der Waals surface area contributed by atoms with E-state index >= 15 is 0 Å². The van der Waals surface area contributed by atoms with E-state index in [1.54, 1.807) is 12.1 Å². The van der Waals surface area contributed by atoms with E-state index in [0.717, 1.165) is 25.2 Å². The molecular formula is C16H23ClFN3. The summed E-state index contributed by atoms with van der Waals surface area (Å²) in [5.74, 6) is -0.316. The van der Waals surface area contributed by atoms with Gasteiger partial charge in [-0.1, -0.05) is 17.7 Å². The Morgan fingerprint density at radius 2 is 1.95 bits per heavy atom. The zero-order valence-electron chi connectivity index (χ0n) is 12.6. The van der Waals surface area contributed by atoms with Crippen molar-refractivity contribution in [2.24, 2.45) is 0 Å². The van der Waals surface area contributed by atoms with Crippen LogP contribution in [0.1, 0.15) is 12.0 Å². The molecule has 0 amide bonds. The number of halogens is 2. The van der Waals surface area contributed by atoms with Gasteiger partial charge in [0.1, 0.15) is 5.82 Å². The fourth-order valence-electron chi connectivity index (χ4n) is 3.34. The average Bonchev–Trinajstić information content (AvgIpc) is 2.92. The van der Waals surface area contributed by atoms with E-state index in [0.29, 0.717) is 6.04 Å². The highest BCUT2D eigenvalue weighted by Gasteiger charge is 2.29. The summed E-state index contributed by atoms with van der Waals surface area (Å²) in [5, 5.41) is 0.204. The first kappa shape index (κ1) is 15.2. The van der Waals surface area contributed by atoms with Gasteiger partial charge < -0.3 is 4.90 Å². The van der Waals surface area contributed by atoms with Crippen LogP contribution in [0.25, 0.3) is 0 Å². The summed E-state index contributed by atoms with van der Waals surface area (Å²) in [6.07, 6.45) is 1.22. The minimum atomic E-state index is -0.316. The molecule has 2 saturated heterocycles. The van der Waals surface area contributed by atoms with Crippen LogP contribution in [0.2, 0.25) is 5.02 Å². The van der Waals surface area contributed by atoms with Crippen molar-refractivity contribution in [3.63, 3.8) is 0 Å². The first-order valence-corrected chi connectivity index (χ1v) is 8.08. The minimum absolute atomic E-state index is 0.204. The molecule has 0 N–H and O–H groups in total. The van der Waals surface area contributed by atoms with Gasteiger partial charge in [0.25, 0.3) is 0 Å². The van der Waals surface area contributed by atoms with Crippen LogP contribution in [0.4, 0.5) is 4.39 Å². The number of hydrogen-bond donors (Lipinski definition) is 0. The molecule has 3 nitrogen and oxygen atoms in total. The maximum atomic E-state index is 13.5. The van der Waals surface area contributed by atoms with Crippen LogP contribution in [0.15, 0.2) is 18.2 Å². The highest BCUT2D eigenvalue weighted by molar-refractivity contribution is 6.30. The summed E-state index contributed by atoms with van der Waals surface area (Å²) in [4.78, 5) is 7.42. The van der Waals surface area contributed by atoms with E-state index in [2.05, 4.69) is 21.7 Å². The first-order chi connectivity index (χ1) is 10.1. The summed E-state index contributed by atoms with van der Waals surface area (Å²) in [7, 11) is 2.19. The maximum Gasteiger partial charge on any atom is 0.142 e. The number of piperazine rings is 1. The van der Waals surface area contributed by atoms with Crippen molar-refractivity contribution in [3.05, 3.63) is 34.6 Å². The van der Waals surface area contributed by atoms with Gasteiger partial charge in [0.2, 0.25) is 0 Å². The van der Waals surface area contributed by atoms with Crippen LogP contribution in [-0.2, 0) is 6.54 Å². The van der Waals surface area contributed by atoms with Crippen LogP contribution in [0.3, 0.4) is 0 Å². The van der Waals surface area contributed by atoms with Crippen molar-refractivity contribution in [2.45, 2.75) is 19.0 Å². The third-order valence-corrected chi connectivity index (χ3v) is 5.00. The topological polar surface area (TPSA) is 9.72 Å². The molecule has 0 aromatic heterocycles. The summed E-state index contributed by atoms with van der Waals surface area (Å²) >= 11 is 5.73. The van der Waals surface area contributed by atoms with E-state index in [1.165, 1.54) is 32.6 Å². The lowest BCUT2D eigenvalue weighted by Gasteiger charge is -2.36. The van der Waals surface area contributed by atoms with Gasteiger partial charge in [0.15, 0.2) is 0 Å². The quantitative estimate of drug-likeness (QED) is 0.848. The second-order valence-corrected chi connectivity index (χ2v) is 6.67. The molecule has 2 fully saturated rings. The monoisotopic (exact) mass is 311 g/mol. The van der Waals surface area contributed by atoms with Gasteiger partial charge in [-0.15, -0.1) is 0 Å². The highest BCUT2D eigenvalue weighted by Crippen LogP contribution is 2.21. The third-order valence-electron chi connectivity index (χ3n) is 4.69. The minimum Gasteiger partial charge on any atom is -0.304 e. The largest absolute Gasteiger partial charge is 0.304 e. The Hall–Kier alpha value is -0.680. The standard InChI is InChI=1S/C16H23ClFN3/c1-19-6-8-21(9-7-19)14-4-5-20(12-14)11-13-2-3-15(17)16(18)10-13/h2-3,10,14H,4-9,11-12H2,1H3/t14-/m1/s1. The molecule has 1 aromatic carbocycles. The Labute approximate surface area is 131 Å². The molecule has 21 heavy (non-hydrogen) atoms. The van der Waals surface area contributed by atoms with Crippen molar-refractivity contribution in [3.8, 4) is 0 Å². The van der Waals surface area contributed by atoms with Crippen LogP contribution >= 0.6 is 11.6 Å². The molecule has 5 heteroatoms. The smallest absolute Gasteiger partial charge is 0.142 e. The molecule has 116 valence electrons. The van der Waals surface area contributed by atoms with Gasteiger partial charge in [-0.2, -0.15) is 0 Å². The fraction of sp³-hybridized carbons (Fsp3) is 0.625. The predicted molar refractivity (Wildman–Crippen MR) is 84.2 cm³/mol. The zero-order chi connectivity index (χ0) is 14.8. The van der Waals surface area contributed by atoms with E-state index < -0.39 is 0 Å². The van der Waals surface area contributed by atoms with Crippen molar-refractivity contribution in [1.82, 2.24) is 14.7 Å². The second-order valence-electron chi connectivity index (χ2n) is 6.27. The van der Waals surface area contributed by atoms with E-state index in [4.69, 9.17) is 11.6 Å². The van der Waals surface area contributed by atoms with Gasteiger partial charge in [0.05, 0.1) is 5.02 Å². The number of rotatable bonds is 3. The Morgan fingerprint density at radius 1 is 1.19 bits per heavy atom. The number of hydrogen-bond acceptors (Lipinski definition) is 3. The van der Waals surface area contributed by atoms with Gasteiger partial charge in [-0.25, -0.2) is 4.39 Å². The summed E-state index contributed by atoms with van der Waals surface area (Å²) in [5.41, 5.74) is 1.01. The van der Waals surface area contributed by atoms with E-state index in [1.807, 2.05) is 6.07 Å². The van der Waals surface area contributed by atoms with Crippen molar-refractivity contribution < 1.29 is 4.39 Å². The molecule has 2 heterocycles. The number of likely N-dealkylation sites (N-methyl/N-ethyl adjacent to an activating group) is 1. The molecule has 2 aliphatic heterocycles. The Morgan fingerprint density at radius 3 is 2.67 bits per heavy atom. The van der Waals surface area contributed by atoms with Gasteiger partial charge >= 0.3 is 0 Å². The summed E-state index contributed by atoms with van der Waals surface area (Å²) in [6.45, 7) is 7.68.